The van der Waals surface area contributed by atoms with Gasteiger partial charge in [-0.1, -0.05) is 11.8 Å². The molecular weight excluding hydrogens is 310 g/mol. The number of aryl methyl sites for hydroxylation is 2. The van der Waals surface area contributed by atoms with E-state index < -0.39 is 0 Å². The van der Waals surface area contributed by atoms with Crippen molar-refractivity contribution in [3.8, 4) is 12.1 Å². The van der Waals surface area contributed by atoms with Crippen LogP contribution >= 0.6 is 11.8 Å². The van der Waals surface area contributed by atoms with Gasteiger partial charge in [0.25, 0.3) is 0 Å². The maximum atomic E-state index is 12.3. The molecule has 0 aliphatic carbocycles. The third-order valence-electron chi connectivity index (χ3n) is 3.51. The summed E-state index contributed by atoms with van der Waals surface area (Å²) in [5.74, 6) is -0.0387. The van der Waals surface area contributed by atoms with Crippen molar-refractivity contribution in [3.63, 3.8) is 0 Å². The minimum absolute atomic E-state index is 0.0387. The fraction of sp³-hybridized carbons (Fsp3) is 0.562. The molecule has 0 spiro atoms. The first-order valence-electron chi connectivity index (χ1n) is 7.43. The Morgan fingerprint density at radius 3 is 2.09 bits per heavy atom. The number of amides is 1. The Balaban J connectivity index is 2.73. The molecule has 1 heterocycles. The van der Waals surface area contributed by atoms with E-state index in [1.807, 2.05) is 32.2 Å². The molecule has 0 aliphatic rings. The SMILES string of the molecule is CSc1nc(C)c(CCC(=O)N(CCC#N)CCC#N)c(C)n1. The first-order valence-corrected chi connectivity index (χ1v) is 8.65. The second-order valence-electron chi connectivity index (χ2n) is 5.06. The molecule has 0 atom stereocenters. The lowest BCUT2D eigenvalue weighted by atomic mass is 10.1. The summed E-state index contributed by atoms with van der Waals surface area (Å²) in [6, 6.07) is 4.07. The molecule has 6 nitrogen and oxygen atoms in total. The van der Waals surface area contributed by atoms with E-state index in [4.69, 9.17) is 10.5 Å². The second kappa shape index (κ2) is 9.81. The molecule has 0 saturated heterocycles. The Morgan fingerprint density at radius 1 is 1.13 bits per heavy atom. The lowest BCUT2D eigenvalue weighted by Crippen LogP contribution is -2.33. The van der Waals surface area contributed by atoms with Gasteiger partial charge in [-0.25, -0.2) is 9.97 Å². The van der Waals surface area contributed by atoms with Crippen molar-refractivity contribution >= 4 is 17.7 Å². The molecule has 0 saturated carbocycles. The highest BCUT2D eigenvalue weighted by atomic mass is 32.2. The maximum Gasteiger partial charge on any atom is 0.222 e. The van der Waals surface area contributed by atoms with Crippen LogP contribution < -0.4 is 0 Å². The molecule has 7 heteroatoms. The fourth-order valence-electron chi connectivity index (χ4n) is 2.28. The van der Waals surface area contributed by atoms with E-state index in [1.54, 1.807) is 4.90 Å². The molecule has 0 fully saturated rings. The first kappa shape index (κ1) is 18.9. The van der Waals surface area contributed by atoms with Crippen LogP contribution in [0.5, 0.6) is 0 Å². The Hall–Kier alpha value is -2.12. The number of rotatable bonds is 8. The van der Waals surface area contributed by atoms with E-state index in [-0.39, 0.29) is 18.7 Å². The van der Waals surface area contributed by atoms with Gasteiger partial charge < -0.3 is 4.90 Å². The van der Waals surface area contributed by atoms with Crippen molar-refractivity contribution < 1.29 is 4.79 Å². The summed E-state index contributed by atoms with van der Waals surface area (Å²) in [5.41, 5.74) is 2.79. The predicted molar refractivity (Wildman–Crippen MR) is 88.6 cm³/mol. The molecule has 1 rings (SSSR count). The van der Waals surface area contributed by atoms with Crippen molar-refractivity contribution in [2.24, 2.45) is 0 Å². The van der Waals surface area contributed by atoms with Gasteiger partial charge in [-0.2, -0.15) is 10.5 Å². The lowest BCUT2D eigenvalue weighted by molar-refractivity contribution is -0.131. The van der Waals surface area contributed by atoms with E-state index in [0.29, 0.717) is 25.9 Å². The summed E-state index contributed by atoms with van der Waals surface area (Å²) in [6.45, 7) is 4.60. The van der Waals surface area contributed by atoms with E-state index in [0.717, 1.165) is 22.1 Å². The highest BCUT2D eigenvalue weighted by Gasteiger charge is 2.15. The van der Waals surface area contributed by atoms with E-state index in [1.165, 1.54) is 11.8 Å². The van der Waals surface area contributed by atoms with Gasteiger partial charge in [0, 0.05) is 30.9 Å². The topological polar surface area (TPSA) is 93.7 Å². The molecular formula is C16H21N5OS. The number of hydrogen-bond acceptors (Lipinski definition) is 6. The number of carbonyl (C=O) groups is 1. The molecule has 0 aliphatic heterocycles. The number of nitriles is 2. The monoisotopic (exact) mass is 331 g/mol. The molecule has 0 N–H and O–H groups in total. The zero-order valence-corrected chi connectivity index (χ0v) is 14.6. The molecule has 1 aromatic heterocycles. The molecule has 0 bridgehead atoms. The first-order chi connectivity index (χ1) is 11.0. The highest BCUT2D eigenvalue weighted by molar-refractivity contribution is 7.98. The van der Waals surface area contributed by atoms with Crippen LogP contribution in [0, 0.1) is 36.5 Å². The third kappa shape index (κ3) is 5.88. The summed E-state index contributed by atoms with van der Waals surface area (Å²) in [6.07, 6.45) is 3.39. The van der Waals surface area contributed by atoms with Crippen molar-refractivity contribution in [2.75, 3.05) is 19.3 Å². The van der Waals surface area contributed by atoms with Gasteiger partial charge in [0.2, 0.25) is 5.91 Å². The van der Waals surface area contributed by atoms with Gasteiger partial charge in [0.05, 0.1) is 25.0 Å². The van der Waals surface area contributed by atoms with Crippen LogP contribution in [0.25, 0.3) is 0 Å². The van der Waals surface area contributed by atoms with Crippen LogP contribution in [0.4, 0.5) is 0 Å². The third-order valence-corrected chi connectivity index (χ3v) is 4.06. The van der Waals surface area contributed by atoms with E-state index in [2.05, 4.69) is 9.97 Å². The average molecular weight is 331 g/mol. The Bertz CT molecular complexity index is 591. The van der Waals surface area contributed by atoms with Crippen molar-refractivity contribution in [1.29, 1.82) is 10.5 Å². The number of carbonyl (C=O) groups excluding carboxylic acids is 1. The average Bonchev–Trinajstić information content (AvgIpc) is 2.53. The van der Waals surface area contributed by atoms with Gasteiger partial charge in [0.15, 0.2) is 5.16 Å². The predicted octanol–water partition coefficient (Wildman–Crippen LogP) is 2.40. The highest BCUT2D eigenvalue weighted by Crippen LogP contribution is 2.17. The van der Waals surface area contributed by atoms with Crippen molar-refractivity contribution in [1.82, 2.24) is 14.9 Å². The molecule has 0 aromatic carbocycles. The summed E-state index contributed by atoms with van der Waals surface area (Å²) >= 11 is 1.49. The summed E-state index contributed by atoms with van der Waals surface area (Å²) in [5, 5.41) is 18.1. The number of nitrogens with zero attached hydrogens (tertiary/aromatic N) is 5. The molecule has 122 valence electrons. The molecule has 0 radical (unpaired) electrons. The zero-order chi connectivity index (χ0) is 17.2. The molecule has 1 amide bonds. The maximum absolute atomic E-state index is 12.3. The summed E-state index contributed by atoms with van der Waals surface area (Å²) in [4.78, 5) is 22.8. The minimum Gasteiger partial charge on any atom is -0.341 e. The molecule has 0 unspecified atom stereocenters. The van der Waals surface area contributed by atoms with Crippen LogP contribution in [0.2, 0.25) is 0 Å². The van der Waals surface area contributed by atoms with Gasteiger partial charge in [-0.15, -0.1) is 0 Å². The van der Waals surface area contributed by atoms with Crippen LogP contribution in [0.1, 0.15) is 36.2 Å². The normalized spacial score (nSPS) is 9.96. The smallest absolute Gasteiger partial charge is 0.222 e. The quantitative estimate of drug-likeness (QED) is 0.536. The van der Waals surface area contributed by atoms with Crippen molar-refractivity contribution in [3.05, 3.63) is 17.0 Å². The van der Waals surface area contributed by atoms with Crippen LogP contribution in [0.3, 0.4) is 0 Å². The number of thioether (sulfide) groups is 1. The van der Waals surface area contributed by atoms with Gasteiger partial charge in [-0.05, 0) is 32.1 Å². The lowest BCUT2D eigenvalue weighted by Gasteiger charge is -2.20. The molecule has 1 aromatic rings. The fourth-order valence-corrected chi connectivity index (χ4v) is 2.74. The van der Waals surface area contributed by atoms with E-state index in [9.17, 15) is 4.79 Å². The standard InChI is InChI=1S/C16H21N5OS/c1-12-14(13(2)20-16(19-12)23-3)6-7-15(22)21(10-4-8-17)11-5-9-18/h4-7,10-11H2,1-3H3. The Kier molecular flexibility index (Phi) is 8.07. The number of hydrogen-bond donors (Lipinski definition) is 0. The largest absolute Gasteiger partial charge is 0.341 e. The van der Waals surface area contributed by atoms with Crippen LogP contribution in [-0.4, -0.2) is 40.1 Å². The van der Waals surface area contributed by atoms with E-state index >= 15 is 0 Å². The summed E-state index contributed by atoms with van der Waals surface area (Å²) in [7, 11) is 0. The minimum atomic E-state index is -0.0387. The summed E-state index contributed by atoms with van der Waals surface area (Å²) < 4.78 is 0. The van der Waals surface area contributed by atoms with Gasteiger partial charge >= 0.3 is 0 Å². The second-order valence-corrected chi connectivity index (χ2v) is 5.83. The number of aromatic nitrogens is 2. The zero-order valence-electron chi connectivity index (χ0n) is 13.8. The Labute approximate surface area is 141 Å². The Morgan fingerprint density at radius 2 is 1.65 bits per heavy atom. The van der Waals surface area contributed by atoms with Gasteiger partial charge in [0.1, 0.15) is 0 Å². The van der Waals surface area contributed by atoms with Gasteiger partial charge in [-0.3, -0.25) is 4.79 Å². The van der Waals surface area contributed by atoms with Crippen molar-refractivity contribution in [2.45, 2.75) is 44.7 Å². The molecule has 23 heavy (non-hydrogen) atoms. The van der Waals surface area contributed by atoms with Crippen LogP contribution in [-0.2, 0) is 11.2 Å². The van der Waals surface area contributed by atoms with Crippen LogP contribution in [0.15, 0.2) is 5.16 Å².